The van der Waals surface area contributed by atoms with E-state index in [1.807, 2.05) is 10.9 Å². The van der Waals surface area contributed by atoms with Crippen molar-refractivity contribution in [2.45, 2.75) is 39.3 Å². The van der Waals surface area contributed by atoms with Gasteiger partial charge >= 0.3 is 0 Å². The second-order valence-electron chi connectivity index (χ2n) is 4.41. The van der Waals surface area contributed by atoms with Crippen LogP contribution in [0.3, 0.4) is 0 Å². The molecular formula is C11H20N4. The van der Waals surface area contributed by atoms with Gasteiger partial charge in [-0.25, -0.2) is 0 Å². The first-order valence-corrected chi connectivity index (χ1v) is 5.75. The molecule has 4 heteroatoms. The van der Waals surface area contributed by atoms with Gasteiger partial charge in [-0.15, -0.1) is 0 Å². The number of hydrazine groups is 1. The molecule has 3 N–H and O–H groups in total. The van der Waals surface area contributed by atoms with Gasteiger partial charge < -0.3 is 0 Å². The monoisotopic (exact) mass is 208 g/mol. The number of nitrogens with one attached hydrogen (secondary N) is 1. The lowest BCUT2D eigenvalue weighted by Gasteiger charge is -2.23. The molecule has 4 nitrogen and oxygen atoms in total. The summed E-state index contributed by atoms with van der Waals surface area (Å²) in [7, 11) is 0. The number of hydrogen-bond acceptors (Lipinski definition) is 3. The molecule has 1 aliphatic rings. The predicted molar refractivity (Wildman–Crippen MR) is 59.9 cm³/mol. The molecule has 84 valence electrons. The molecule has 1 aromatic heterocycles. The van der Waals surface area contributed by atoms with E-state index in [1.54, 1.807) is 0 Å². The number of rotatable bonds is 5. The summed E-state index contributed by atoms with van der Waals surface area (Å²) in [6.45, 7) is 5.28. The topological polar surface area (TPSA) is 55.9 Å². The average Bonchev–Trinajstić information content (AvgIpc) is 3.00. The molecular weight excluding hydrogens is 188 g/mol. The Balaban J connectivity index is 2.17. The van der Waals surface area contributed by atoms with Gasteiger partial charge in [-0.05, 0) is 37.7 Å². The van der Waals surface area contributed by atoms with E-state index in [0.717, 1.165) is 12.5 Å². The second-order valence-corrected chi connectivity index (χ2v) is 4.41. The van der Waals surface area contributed by atoms with Crippen LogP contribution in [0.4, 0.5) is 0 Å². The molecule has 0 amide bonds. The van der Waals surface area contributed by atoms with Crippen LogP contribution in [0.1, 0.15) is 38.4 Å². The van der Waals surface area contributed by atoms with E-state index >= 15 is 0 Å². The standard InChI is InChI=1S/C11H20N4/c1-3-15-10(6-7-13-15)11(14-12)8(2)9-4-5-9/h6-9,11,14H,3-5,12H2,1-2H3. The van der Waals surface area contributed by atoms with Crippen molar-refractivity contribution in [3.05, 3.63) is 18.0 Å². The van der Waals surface area contributed by atoms with Crippen LogP contribution < -0.4 is 11.3 Å². The fourth-order valence-corrected chi connectivity index (χ4v) is 2.27. The zero-order chi connectivity index (χ0) is 10.8. The van der Waals surface area contributed by atoms with Crippen molar-refractivity contribution >= 4 is 0 Å². The Morgan fingerprint density at radius 1 is 1.67 bits per heavy atom. The largest absolute Gasteiger partial charge is 0.271 e. The lowest BCUT2D eigenvalue weighted by Crippen LogP contribution is -2.35. The molecule has 0 saturated heterocycles. The van der Waals surface area contributed by atoms with Crippen molar-refractivity contribution in [3.63, 3.8) is 0 Å². The van der Waals surface area contributed by atoms with Crippen molar-refractivity contribution in [1.82, 2.24) is 15.2 Å². The predicted octanol–water partition coefficient (Wildman–Crippen LogP) is 1.45. The maximum absolute atomic E-state index is 5.66. The first kappa shape index (κ1) is 10.6. The number of aromatic nitrogens is 2. The highest BCUT2D eigenvalue weighted by atomic mass is 15.3. The Morgan fingerprint density at radius 3 is 2.93 bits per heavy atom. The van der Waals surface area contributed by atoms with Crippen molar-refractivity contribution in [3.8, 4) is 0 Å². The molecule has 0 aliphatic heterocycles. The quantitative estimate of drug-likeness (QED) is 0.569. The molecule has 2 unspecified atom stereocenters. The van der Waals surface area contributed by atoms with E-state index < -0.39 is 0 Å². The van der Waals surface area contributed by atoms with Gasteiger partial charge in [0.2, 0.25) is 0 Å². The van der Waals surface area contributed by atoms with E-state index in [2.05, 4.69) is 30.4 Å². The Hall–Kier alpha value is -0.870. The van der Waals surface area contributed by atoms with Crippen LogP contribution in [-0.4, -0.2) is 9.78 Å². The van der Waals surface area contributed by atoms with Gasteiger partial charge in [-0.3, -0.25) is 16.0 Å². The van der Waals surface area contributed by atoms with Gasteiger partial charge in [0.25, 0.3) is 0 Å². The molecule has 1 aromatic rings. The number of hydrogen-bond donors (Lipinski definition) is 2. The van der Waals surface area contributed by atoms with Crippen LogP contribution in [0.15, 0.2) is 12.3 Å². The summed E-state index contributed by atoms with van der Waals surface area (Å²) in [6, 6.07) is 2.30. The molecule has 0 spiro atoms. The van der Waals surface area contributed by atoms with Crippen LogP contribution in [0, 0.1) is 11.8 Å². The summed E-state index contributed by atoms with van der Waals surface area (Å²) in [5.74, 6) is 7.10. The maximum Gasteiger partial charge on any atom is 0.0657 e. The van der Waals surface area contributed by atoms with Crippen LogP contribution in [0.5, 0.6) is 0 Å². The zero-order valence-electron chi connectivity index (χ0n) is 9.48. The molecule has 1 aliphatic carbocycles. The van der Waals surface area contributed by atoms with E-state index in [1.165, 1.54) is 18.5 Å². The Morgan fingerprint density at radius 2 is 2.40 bits per heavy atom. The fraction of sp³-hybridized carbons (Fsp3) is 0.727. The third-order valence-corrected chi connectivity index (χ3v) is 3.44. The van der Waals surface area contributed by atoms with Gasteiger partial charge in [0.15, 0.2) is 0 Å². The van der Waals surface area contributed by atoms with Gasteiger partial charge in [-0.1, -0.05) is 6.92 Å². The minimum Gasteiger partial charge on any atom is -0.271 e. The van der Waals surface area contributed by atoms with E-state index in [4.69, 9.17) is 5.84 Å². The van der Waals surface area contributed by atoms with Crippen LogP contribution in [0.25, 0.3) is 0 Å². The zero-order valence-corrected chi connectivity index (χ0v) is 9.48. The van der Waals surface area contributed by atoms with E-state index in [-0.39, 0.29) is 6.04 Å². The highest BCUT2D eigenvalue weighted by Crippen LogP contribution is 2.42. The molecule has 1 heterocycles. The van der Waals surface area contributed by atoms with Crippen molar-refractivity contribution in [2.24, 2.45) is 17.7 Å². The van der Waals surface area contributed by atoms with Gasteiger partial charge in [-0.2, -0.15) is 5.10 Å². The summed E-state index contributed by atoms with van der Waals surface area (Å²) in [5.41, 5.74) is 4.15. The third-order valence-electron chi connectivity index (χ3n) is 3.44. The van der Waals surface area contributed by atoms with Crippen molar-refractivity contribution < 1.29 is 0 Å². The van der Waals surface area contributed by atoms with Gasteiger partial charge in [0.05, 0.1) is 11.7 Å². The SMILES string of the molecule is CCn1nccc1C(NN)C(C)C1CC1. The van der Waals surface area contributed by atoms with Crippen LogP contribution in [-0.2, 0) is 6.54 Å². The molecule has 2 rings (SSSR count). The normalized spacial score (nSPS) is 20.2. The molecule has 1 saturated carbocycles. The number of aryl methyl sites for hydroxylation is 1. The summed E-state index contributed by atoms with van der Waals surface area (Å²) in [6.07, 6.45) is 4.54. The van der Waals surface area contributed by atoms with Gasteiger partial charge in [0.1, 0.15) is 0 Å². The summed E-state index contributed by atoms with van der Waals surface area (Å²) >= 11 is 0. The van der Waals surface area contributed by atoms with Crippen LogP contribution in [0.2, 0.25) is 0 Å². The Kier molecular flexibility index (Phi) is 3.07. The Bertz CT molecular complexity index is 316. The smallest absolute Gasteiger partial charge is 0.0657 e. The Labute approximate surface area is 90.8 Å². The highest BCUT2D eigenvalue weighted by molar-refractivity contribution is 5.09. The minimum atomic E-state index is 0.236. The van der Waals surface area contributed by atoms with E-state index in [9.17, 15) is 0 Å². The molecule has 0 aromatic carbocycles. The molecule has 0 bridgehead atoms. The highest BCUT2D eigenvalue weighted by Gasteiger charge is 2.34. The first-order chi connectivity index (χ1) is 7.27. The first-order valence-electron chi connectivity index (χ1n) is 5.75. The summed E-state index contributed by atoms with van der Waals surface area (Å²) in [4.78, 5) is 0. The maximum atomic E-state index is 5.66. The summed E-state index contributed by atoms with van der Waals surface area (Å²) in [5, 5.41) is 4.29. The molecule has 0 radical (unpaired) electrons. The van der Waals surface area contributed by atoms with Crippen molar-refractivity contribution in [1.29, 1.82) is 0 Å². The van der Waals surface area contributed by atoms with Crippen LogP contribution >= 0.6 is 0 Å². The van der Waals surface area contributed by atoms with Crippen molar-refractivity contribution in [2.75, 3.05) is 0 Å². The average molecular weight is 208 g/mol. The third kappa shape index (κ3) is 2.06. The lowest BCUT2D eigenvalue weighted by molar-refractivity contribution is 0.334. The van der Waals surface area contributed by atoms with Gasteiger partial charge in [0, 0.05) is 12.7 Å². The number of nitrogens with two attached hydrogens (primary N) is 1. The second kappa shape index (κ2) is 4.33. The summed E-state index contributed by atoms with van der Waals surface area (Å²) < 4.78 is 2.02. The minimum absolute atomic E-state index is 0.236. The lowest BCUT2D eigenvalue weighted by atomic mass is 9.94. The van der Waals surface area contributed by atoms with E-state index in [0.29, 0.717) is 5.92 Å². The molecule has 15 heavy (non-hydrogen) atoms. The molecule has 2 atom stereocenters. The fourth-order valence-electron chi connectivity index (χ4n) is 2.27. The number of nitrogens with zero attached hydrogens (tertiary/aromatic N) is 2. The molecule has 1 fully saturated rings.